The Morgan fingerprint density at radius 2 is 2.15 bits per heavy atom. The van der Waals surface area contributed by atoms with E-state index in [9.17, 15) is 9.59 Å². The Labute approximate surface area is 153 Å². The zero-order valence-corrected chi connectivity index (χ0v) is 15.4. The largest absolute Gasteiger partial charge is 0.373 e. The molecule has 142 valence electrons. The van der Waals surface area contributed by atoms with Gasteiger partial charge in [0.05, 0.1) is 18.2 Å². The summed E-state index contributed by atoms with van der Waals surface area (Å²) in [5.41, 5.74) is 0.762. The number of urea groups is 2. The summed E-state index contributed by atoms with van der Waals surface area (Å²) < 4.78 is 6.03. The molecular formula is C18H27N5O3. The van der Waals surface area contributed by atoms with E-state index in [0.29, 0.717) is 26.2 Å². The van der Waals surface area contributed by atoms with E-state index in [1.165, 1.54) is 4.90 Å². The SMILES string of the molecule is CN(C)C(=O)N[C@H]1COC2(CCN(C(=O)NCc3cccnc3)CC2)C1. The molecule has 0 bridgehead atoms. The molecule has 3 rings (SSSR count). The second kappa shape index (κ2) is 7.90. The van der Waals surface area contributed by atoms with Crippen LogP contribution in [-0.4, -0.2) is 72.3 Å². The lowest BCUT2D eigenvalue weighted by molar-refractivity contribution is -0.0363. The number of pyridine rings is 1. The van der Waals surface area contributed by atoms with Crippen LogP contribution in [0.1, 0.15) is 24.8 Å². The number of aromatic nitrogens is 1. The molecule has 2 N–H and O–H groups in total. The van der Waals surface area contributed by atoms with Crippen molar-refractivity contribution >= 4 is 12.1 Å². The van der Waals surface area contributed by atoms with Crippen LogP contribution in [0.5, 0.6) is 0 Å². The van der Waals surface area contributed by atoms with Gasteiger partial charge in [-0.2, -0.15) is 0 Å². The number of carbonyl (C=O) groups excluding carboxylic acids is 2. The van der Waals surface area contributed by atoms with Crippen molar-refractivity contribution in [3.8, 4) is 0 Å². The molecular weight excluding hydrogens is 334 g/mol. The second-order valence-corrected chi connectivity index (χ2v) is 7.25. The van der Waals surface area contributed by atoms with E-state index in [0.717, 1.165) is 24.8 Å². The highest BCUT2D eigenvalue weighted by Crippen LogP contribution is 2.36. The monoisotopic (exact) mass is 361 g/mol. The number of hydrogen-bond donors (Lipinski definition) is 2. The summed E-state index contributed by atoms with van der Waals surface area (Å²) in [6.07, 6.45) is 5.85. The van der Waals surface area contributed by atoms with Crippen molar-refractivity contribution in [1.29, 1.82) is 0 Å². The highest BCUT2D eigenvalue weighted by atomic mass is 16.5. The molecule has 0 aliphatic carbocycles. The average molecular weight is 361 g/mol. The Morgan fingerprint density at radius 1 is 1.38 bits per heavy atom. The minimum Gasteiger partial charge on any atom is -0.373 e. The van der Waals surface area contributed by atoms with Crippen molar-refractivity contribution in [2.45, 2.75) is 37.5 Å². The third-order valence-corrected chi connectivity index (χ3v) is 5.07. The highest BCUT2D eigenvalue weighted by molar-refractivity contribution is 5.74. The lowest BCUT2D eigenvalue weighted by atomic mass is 9.87. The Morgan fingerprint density at radius 3 is 2.81 bits per heavy atom. The van der Waals surface area contributed by atoms with Crippen molar-refractivity contribution in [2.75, 3.05) is 33.8 Å². The van der Waals surface area contributed by atoms with Crippen molar-refractivity contribution in [3.63, 3.8) is 0 Å². The number of likely N-dealkylation sites (tertiary alicyclic amines) is 1. The molecule has 0 unspecified atom stereocenters. The molecule has 2 fully saturated rings. The van der Waals surface area contributed by atoms with Gasteiger partial charge in [-0.25, -0.2) is 9.59 Å². The number of piperidine rings is 1. The van der Waals surface area contributed by atoms with Crippen LogP contribution in [0, 0.1) is 0 Å². The van der Waals surface area contributed by atoms with E-state index in [2.05, 4.69) is 15.6 Å². The predicted molar refractivity (Wildman–Crippen MR) is 96.6 cm³/mol. The van der Waals surface area contributed by atoms with Gasteiger partial charge >= 0.3 is 12.1 Å². The number of amides is 4. The van der Waals surface area contributed by atoms with Crippen LogP contribution in [0.2, 0.25) is 0 Å². The maximum atomic E-state index is 12.4. The first-order valence-electron chi connectivity index (χ1n) is 9.01. The van der Waals surface area contributed by atoms with Crippen LogP contribution in [0.15, 0.2) is 24.5 Å². The maximum absolute atomic E-state index is 12.4. The van der Waals surface area contributed by atoms with Gasteiger partial charge in [-0.3, -0.25) is 4.98 Å². The van der Waals surface area contributed by atoms with Gasteiger partial charge in [0.25, 0.3) is 0 Å². The van der Waals surface area contributed by atoms with Crippen molar-refractivity contribution in [2.24, 2.45) is 0 Å². The molecule has 1 aromatic rings. The molecule has 3 heterocycles. The molecule has 1 atom stereocenters. The summed E-state index contributed by atoms with van der Waals surface area (Å²) in [6.45, 7) is 2.33. The average Bonchev–Trinajstić information content (AvgIpc) is 3.03. The Balaban J connectivity index is 1.44. The zero-order valence-electron chi connectivity index (χ0n) is 15.4. The number of hydrogen-bond acceptors (Lipinski definition) is 4. The topological polar surface area (TPSA) is 86.8 Å². The smallest absolute Gasteiger partial charge is 0.317 e. The van der Waals surface area contributed by atoms with Crippen molar-refractivity contribution < 1.29 is 14.3 Å². The van der Waals surface area contributed by atoms with Gasteiger partial charge in [0.2, 0.25) is 0 Å². The fraction of sp³-hybridized carbons (Fsp3) is 0.611. The van der Waals surface area contributed by atoms with E-state index in [4.69, 9.17) is 4.74 Å². The van der Waals surface area contributed by atoms with Crippen molar-refractivity contribution in [1.82, 2.24) is 25.4 Å². The maximum Gasteiger partial charge on any atom is 0.317 e. The molecule has 2 aliphatic heterocycles. The van der Waals surface area contributed by atoms with Crippen LogP contribution in [-0.2, 0) is 11.3 Å². The van der Waals surface area contributed by atoms with Crippen LogP contribution in [0.4, 0.5) is 9.59 Å². The van der Waals surface area contributed by atoms with Gasteiger partial charge in [-0.15, -0.1) is 0 Å². The first kappa shape index (κ1) is 18.4. The molecule has 8 heteroatoms. The molecule has 26 heavy (non-hydrogen) atoms. The Hall–Kier alpha value is -2.35. The van der Waals surface area contributed by atoms with Gasteiger partial charge in [-0.1, -0.05) is 6.07 Å². The minimum absolute atomic E-state index is 0.0378. The normalized spacial score (nSPS) is 21.5. The number of rotatable bonds is 3. The summed E-state index contributed by atoms with van der Waals surface area (Å²) in [6, 6.07) is 3.68. The third-order valence-electron chi connectivity index (χ3n) is 5.07. The van der Waals surface area contributed by atoms with Gasteiger partial charge in [0, 0.05) is 46.1 Å². The van der Waals surface area contributed by atoms with Gasteiger partial charge < -0.3 is 25.2 Å². The second-order valence-electron chi connectivity index (χ2n) is 7.25. The molecule has 0 radical (unpaired) electrons. The van der Waals surface area contributed by atoms with E-state index in [1.807, 2.05) is 17.0 Å². The minimum atomic E-state index is -0.218. The number of nitrogens with zero attached hydrogens (tertiary/aromatic N) is 3. The van der Waals surface area contributed by atoms with Gasteiger partial charge in [-0.05, 0) is 30.9 Å². The summed E-state index contributed by atoms with van der Waals surface area (Å²) in [5, 5.41) is 5.92. The molecule has 2 saturated heterocycles. The standard InChI is InChI=1S/C18H27N5O3/c1-22(2)17(25)21-15-10-18(26-13-15)5-8-23(9-6-18)16(24)20-12-14-4-3-7-19-11-14/h3-4,7,11,15H,5-6,8-10,12-13H2,1-2H3,(H,20,24)(H,21,25)/t15-/m1/s1. The first-order chi connectivity index (χ1) is 12.5. The molecule has 0 aromatic carbocycles. The lowest BCUT2D eigenvalue weighted by Crippen LogP contribution is -2.50. The van der Waals surface area contributed by atoms with Gasteiger partial charge in [0.15, 0.2) is 0 Å². The quantitative estimate of drug-likeness (QED) is 0.847. The molecule has 8 nitrogen and oxygen atoms in total. The van der Waals surface area contributed by atoms with E-state index in [-0.39, 0.29) is 23.7 Å². The van der Waals surface area contributed by atoms with E-state index in [1.54, 1.807) is 26.5 Å². The molecule has 1 spiro atoms. The Kier molecular flexibility index (Phi) is 5.61. The van der Waals surface area contributed by atoms with Crippen LogP contribution in [0.25, 0.3) is 0 Å². The molecule has 2 aliphatic rings. The number of carbonyl (C=O) groups is 2. The highest BCUT2D eigenvalue weighted by Gasteiger charge is 2.43. The van der Waals surface area contributed by atoms with Crippen molar-refractivity contribution in [3.05, 3.63) is 30.1 Å². The fourth-order valence-electron chi connectivity index (χ4n) is 3.50. The Bertz CT molecular complexity index is 629. The molecule has 0 saturated carbocycles. The summed E-state index contributed by atoms with van der Waals surface area (Å²) in [5.74, 6) is 0. The number of ether oxygens (including phenoxy) is 1. The van der Waals surface area contributed by atoms with Crippen LogP contribution < -0.4 is 10.6 Å². The summed E-state index contributed by atoms with van der Waals surface area (Å²) in [4.78, 5) is 31.5. The fourth-order valence-corrected chi connectivity index (χ4v) is 3.50. The predicted octanol–water partition coefficient (Wildman–Crippen LogP) is 1.19. The number of nitrogens with one attached hydrogen (secondary N) is 2. The van der Waals surface area contributed by atoms with Crippen LogP contribution >= 0.6 is 0 Å². The van der Waals surface area contributed by atoms with E-state index >= 15 is 0 Å². The van der Waals surface area contributed by atoms with E-state index < -0.39 is 0 Å². The summed E-state index contributed by atoms with van der Waals surface area (Å²) in [7, 11) is 3.45. The molecule has 4 amide bonds. The van der Waals surface area contributed by atoms with Gasteiger partial charge in [0.1, 0.15) is 0 Å². The first-order valence-corrected chi connectivity index (χ1v) is 9.01. The summed E-state index contributed by atoms with van der Waals surface area (Å²) >= 11 is 0. The molecule has 1 aromatic heterocycles. The zero-order chi connectivity index (χ0) is 18.6. The lowest BCUT2D eigenvalue weighted by Gasteiger charge is -2.38. The van der Waals surface area contributed by atoms with Crippen LogP contribution in [0.3, 0.4) is 0 Å². The third kappa shape index (κ3) is 4.43.